The van der Waals surface area contributed by atoms with Crippen molar-refractivity contribution in [2.75, 3.05) is 0 Å². The van der Waals surface area contributed by atoms with E-state index in [1.54, 1.807) is 0 Å². The second-order valence-electron chi connectivity index (χ2n) is 5.54. The van der Waals surface area contributed by atoms with Crippen LogP contribution in [0.2, 0.25) is 19.6 Å². The van der Waals surface area contributed by atoms with Gasteiger partial charge in [-0.2, -0.15) is 5.26 Å². The Labute approximate surface area is 112 Å². The Kier molecular flexibility index (Phi) is 5.69. The molecule has 0 radical (unpaired) electrons. The second-order valence-corrected chi connectivity index (χ2v) is 10.3. The third-order valence-electron chi connectivity index (χ3n) is 2.62. The zero-order valence-electron chi connectivity index (χ0n) is 11.5. The molecule has 0 N–H and O–H groups in total. The van der Waals surface area contributed by atoms with E-state index in [0.29, 0.717) is 0 Å². The van der Waals surface area contributed by atoms with Gasteiger partial charge in [-0.25, -0.2) is 0 Å². The van der Waals surface area contributed by atoms with Crippen molar-refractivity contribution in [3.05, 3.63) is 35.9 Å². The highest BCUT2D eigenvalue weighted by Gasteiger charge is 2.09. The van der Waals surface area contributed by atoms with Gasteiger partial charge in [-0.05, 0) is 18.4 Å². The lowest BCUT2D eigenvalue weighted by Crippen LogP contribution is -2.16. The Balaban J connectivity index is 2.43. The van der Waals surface area contributed by atoms with Crippen LogP contribution in [0.25, 0.3) is 0 Å². The molecule has 1 nitrogen and oxygen atoms in total. The van der Waals surface area contributed by atoms with Crippen LogP contribution < -0.4 is 0 Å². The molecule has 0 aliphatic carbocycles. The molecule has 1 atom stereocenters. The first-order chi connectivity index (χ1) is 8.53. The molecular weight excluding hydrogens is 234 g/mol. The fourth-order valence-electron chi connectivity index (χ4n) is 1.71. The predicted molar refractivity (Wildman–Crippen MR) is 79.8 cm³/mol. The van der Waals surface area contributed by atoms with Gasteiger partial charge in [-0.1, -0.05) is 50.0 Å². The van der Waals surface area contributed by atoms with Gasteiger partial charge >= 0.3 is 0 Å². The molecular formula is C16H21NSi. The summed E-state index contributed by atoms with van der Waals surface area (Å²) in [5, 5.41) is 9.19. The van der Waals surface area contributed by atoms with Gasteiger partial charge in [0.05, 0.1) is 12.0 Å². The zero-order chi connectivity index (χ0) is 13.4. The standard InChI is InChI=1S/C16H21NSi/c1-18(2,3)13-9-5-8-12-16(14-17)15-10-6-4-7-11-15/h4,6-7,10-11,16H,5,8,12H2,1-3H3. The number of nitrogens with zero attached hydrogens (tertiary/aromatic N) is 1. The number of hydrogen-bond donors (Lipinski definition) is 0. The summed E-state index contributed by atoms with van der Waals surface area (Å²) >= 11 is 0. The topological polar surface area (TPSA) is 23.8 Å². The lowest BCUT2D eigenvalue weighted by atomic mass is 9.95. The lowest BCUT2D eigenvalue weighted by molar-refractivity contribution is 0.699. The highest BCUT2D eigenvalue weighted by molar-refractivity contribution is 6.83. The van der Waals surface area contributed by atoms with E-state index in [9.17, 15) is 5.26 Å². The minimum absolute atomic E-state index is 0.0138. The van der Waals surface area contributed by atoms with Crippen LogP contribution >= 0.6 is 0 Å². The molecule has 0 amide bonds. The molecule has 1 aromatic carbocycles. The van der Waals surface area contributed by atoms with E-state index < -0.39 is 8.07 Å². The maximum absolute atomic E-state index is 9.19. The van der Waals surface area contributed by atoms with Crippen molar-refractivity contribution in [3.63, 3.8) is 0 Å². The highest BCUT2D eigenvalue weighted by atomic mass is 28.3. The normalized spacial score (nSPS) is 12.1. The first kappa shape index (κ1) is 14.5. The van der Waals surface area contributed by atoms with E-state index in [1.807, 2.05) is 30.3 Å². The average molecular weight is 255 g/mol. The summed E-state index contributed by atoms with van der Waals surface area (Å²) in [6.07, 6.45) is 2.82. The number of unbranched alkanes of at least 4 members (excludes halogenated alkanes) is 1. The summed E-state index contributed by atoms with van der Waals surface area (Å²) in [7, 11) is -1.23. The molecule has 0 saturated carbocycles. The Hall–Kier alpha value is -1.51. The third kappa shape index (κ3) is 5.71. The van der Waals surface area contributed by atoms with Gasteiger partial charge in [0.2, 0.25) is 0 Å². The van der Waals surface area contributed by atoms with E-state index in [0.717, 1.165) is 24.8 Å². The molecule has 1 aromatic rings. The number of nitriles is 1. The molecule has 0 aliphatic heterocycles. The van der Waals surface area contributed by atoms with Gasteiger partial charge in [-0.3, -0.25) is 0 Å². The molecule has 0 heterocycles. The summed E-state index contributed by atoms with van der Waals surface area (Å²) in [4.78, 5) is 0. The van der Waals surface area contributed by atoms with Gasteiger partial charge in [-0.15, -0.1) is 11.5 Å². The van der Waals surface area contributed by atoms with Crippen LogP contribution in [-0.4, -0.2) is 8.07 Å². The summed E-state index contributed by atoms with van der Waals surface area (Å²) < 4.78 is 0. The number of hydrogen-bond acceptors (Lipinski definition) is 1. The fraction of sp³-hybridized carbons (Fsp3) is 0.438. The van der Waals surface area contributed by atoms with Crippen LogP contribution in [0.3, 0.4) is 0 Å². The molecule has 0 fully saturated rings. The Morgan fingerprint density at radius 1 is 1.17 bits per heavy atom. The molecule has 94 valence electrons. The van der Waals surface area contributed by atoms with Crippen LogP contribution in [0.5, 0.6) is 0 Å². The smallest absolute Gasteiger partial charge is 0.129 e. The molecule has 0 aliphatic rings. The van der Waals surface area contributed by atoms with E-state index >= 15 is 0 Å². The van der Waals surface area contributed by atoms with Crippen LogP contribution in [-0.2, 0) is 0 Å². The lowest BCUT2D eigenvalue weighted by Gasteiger charge is -2.08. The van der Waals surface area contributed by atoms with Crippen molar-refractivity contribution in [1.29, 1.82) is 5.26 Å². The van der Waals surface area contributed by atoms with Gasteiger partial charge < -0.3 is 0 Å². The largest absolute Gasteiger partial charge is 0.198 e. The molecule has 18 heavy (non-hydrogen) atoms. The van der Waals surface area contributed by atoms with E-state index in [-0.39, 0.29) is 5.92 Å². The highest BCUT2D eigenvalue weighted by Crippen LogP contribution is 2.20. The van der Waals surface area contributed by atoms with Gasteiger partial charge in [0.1, 0.15) is 8.07 Å². The van der Waals surface area contributed by atoms with Crippen molar-refractivity contribution in [1.82, 2.24) is 0 Å². The van der Waals surface area contributed by atoms with Crippen LogP contribution in [0.1, 0.15) is 30.7 Å². The average Bonchev–Trinajstić information content (AvgIpc) is 2.33. The molecule has 1 unspecified atom stereocenters. The first-order valence-electron chi connectivity index (χ1n) is 6.47. The first-order valence-corrected chi connectivity index (χ1v) is 9.97. The van der Waals surface area contributed by atoms with Crippen molar-refractivity contribution in [3.8, 4) is 17.5 Å². The van der Waals surface area contributed by atoms with Crippen molar-refractivity contribution >= 4 is 8.07 Å². The third-order valence-corrected chi connectivity index (χ3v) is 3.54. The molecule has 2 heteroatoms. The van der Waals surface area contributed by atoms with E-state index in [1.165, 1.54) is 0 Å². The summed E-state index contributed by atoms with van der Waals surface area (Å²) in [6, 6.07) is 12.4. The van der Waals surface area contributed by atoms with Crippen LogP contribution in [0, 0.1) is 22.8 Å². The molecule has 1 rings (SSSR count). The Morgan fingerprint density at radius 2 is 1.83 bits per heavy atom. The quantitative estimate of drug-likeness (QED) is 0.446. The number of benzene rings is 1. The Bertz CT molecular complexity index is 454. The monoisotopic (exact) mass is 255 g/mol. The summed E-state index contributed by atoms with van der Waals surface area (Å²) in [5.41, 5.74) is 4.48. The van der Waals surface area contributed by atoms with Crippen molar-refractivity contribution in [2.24, 2.45) is 0 Å². The van der Waals surface area contributed by atoms with Gasteiger partial charge in [0, 0.05) is 6.42 Å². The van der Waals surface area contributed by atoms with Crippen molar-refractivity contribution < 1.29 is 0 Å². The molecule has 0 spiro atoms. The zero-order valence-corrected chi connectivity index (χ0v) is 12.5. The maximum atomic E-state index is 9.19. The minimum Gasteiger partial charge on any atom is -0.198 e. The fourth-order valence-corrected chi connectivity index (χ4v) is 2.37. The molecule has 0 aromatic heterocycles. The van der Waals surface area contributed by atoms with Crippen LogP contribution in [0.4, 0.5) is 0 Å². The SMILES string of the molecule is C[Si](C)(C)C#CCCCC(C#N)c1ccccc1. The van der Waals surface area contributed by atoms with E-state index in [4.69, 9.17) is 0 Å². The maximum Gasteiger partial charge on any atom is 0.129 e. The number of rotatable bonds is 4. The second kappa shape index (κ2) is 7.04. The van der Waals surface area contributed by atoms with E-state index in [2.05, 4.69) is 37.2 Å². The van der Waals surface area contributed by atoms with Gasteiger partial charge in [0.15, 0.2) is 0 Å². The predicted octanol–water partition coefficient (Wildman–Crippen LogP) is 4.34. The van der Waals surface area contributed by atoms with Crippen molar-refractivity contribution in [2.45, 2.75) is 44.8 Å². The van der Waals surface area contributed by atoms with Gasteiger partial charge in [0.25, 0.3) is 0 Å². The van der Waals surface area contributed by atoms with Crippen LogP contribution in [0.15, 0.2) is 30.3 Å². The molecule has 0 saturated heterocycles. The Morgan fingerprint density at radius 3 is 2.39 bits per heavy atom. The summed E-state index contributed by atoms with van der Waals surface area (Å²) in [6.45, 7) is 6.76. The summed E-state index contributed by atoms with van der Waals surface area (Å²) in [5.74, 6) is 3.27. The molecule has 0 bridgehead atoms. The minimum atomic E-state index is -1.23.